The molecule has 2 aromatic rings. The summed E-state index contributed by atoms with van der Waals surface area (Å²) in [7, 11) is 0.776. The molecule has 98 valence electrons. The number of anilines is 1. The molecular formula is C16H19NOSi. The second-order valence-electron chi connectivity index (χ2n) is 4.98. The molecule has 0 bridgehead atoms. The van der Waals surface area contributed by atoms with Crippen LogP contribution in [0.2, 0.25) is 0 Å². The van der Waals surface area contributed by atoms with Gasteiger partial charge in [0, 0.05) is 27.1 Å². The Labute approximate surface area is 117 Å². The summed E-state index contributed by atoms with van der Waals surface area (Å²) in [6.07, 6.45) is 0. The maximum Gasteiger partial charge on any atom is 0.193 e. The van der Waals surface area contributed by atoms with Crippen molar-refractivity contribution < 1.29 is 4.79 Å². The number of nitrogens with two attached hydrogens (primary N) is 1. The Bertz CT molecular complexity index is 619. The summed E-state index contributed by atoms with van der Waals surface area (Å²) in [5.41, 5.74) is 11.8. The molecule has 0 amide bonds. The van der Waals surface area contributed by atoms with Crippen molar-refractivity contribution in [2.45, 2.75) is 20.8 Å². The van der Waals surface area contributed by atoms with Crippen LogP contribution in [0, 0.1) is 20.8 Å². The molecule has 19 heavy (non-hydrogen) atoms. The molecule has 0 radical (unpaired) electrons. The number of nitrogen functional groups attached to an aromatic ring is 1. The summed E-state index contributed by atoms with van der Waals surface area (Å²) >= 11 is 0. The molecule has 2 aromatic carbocycles. The van der Waals surface area contributed by atoms with Crippen LogP contribution in [-0.2, 0) is 0 Å². The Hall–Kier alpha value is -1.87. The molecule has 2 N–H and O–H groups in total. The third-order valence-corrected chi connectivity index (χ3v) is 4.98. The summed E-state index contributed by atoms with van der Waals surface area (Å²) in [6, 6.07) is 9.40. The Morgan fingerprint density at radius 3 is 2.16 bits per heavy atom. The molecule has 3 heteroatoms. The minimum absolute atomic E-state index is 0.0814. The highest BCUT2D eigenvalue weighted by Crippen LogP contribution is 2.23. The van der Waals surface area contributed by atoms with Crippen LogP contribution < -0.4 is 10.9 Å². The van der Waals surface area contributed by atoms with Crippen molar-refractivity contribution in [1.82, 2.24) is 0 Å². The predicted octanol–water partition coefficient (Wildman–Crippen LogP) is 1.42. The van der Waals surface area contributed by atoms with E-state index in [1.165, 1.54) is 0 Å². The third-order valence-electron chi connectivity index (χ3n) is 3.95. The van der Waals surface area contributed by atoms with Crippen LogP contribution in [0.4, 0.5) is 5.69 Å². The number of carbonyl (C=O) groups excluding carboxylic acids is 1. The number of ketones is 1. The number of carbonyl (C=O) groups is 1. The standard InChI is InChI=1S/C16H19NOSi/c1-9-10(2)13(16(19)14(17)11(9)3)15(18)12-7-5-4-6-8-12/h4-8H,17H2,1-3,19H3. The maximum absolute atomic E-state index is 12.7. The number of benzene rings is 2. The fourth-order valence-corrected chi connectivity index (χ4v) is 3.42. The van der Waals surface area contributed by atoms with Crippen molar-refractivity contribution in [3.05, 3.63) is 58.1 Å². The van der Waals surface area contributed by atoms with Gasteiger partial charge >= 0.3 is 0 Å². The Morgan fingerprint density at radius 1 is 1.00 bits per heavy atom. The van der Waals surface area contributed by atoms with E-state index in [4.69, 9.17) is 5.73 Å². The fourth-order valence-electron chi connectivity index (χ4n) is 2.44. The number of hydrogen-bond acceptors (Lipinski definition) is 2. The summed E-state index contributed by atoms with van der Waals surface area (Å²) < 4.78 is 0. The van der Waals surface area contributed by atoms with E-state index < -0.39 is 0 Å². The van der Waals surface area contributed by atoms with Gasteiger partial charge in [-0.15, -0.1) is 0 Å². The molecule has 0 heterocycles. The SMILES string of the molecule is Cc1c(C)c(N)c([SiH3])c(C(=O)c2ccccc2)c1C. The van der Waals surface area contributed by atoms with Crippen molar-refractivity contribution in [2.75, 3.05) is 5.73 Å². The molecule has 0 unspecified atom stereocenters. The first-order chi connectivity index (χ1) is 8.95. The van der Waals surface area contributed by atoms with Crippen LogP contribution in [0.15, 0.2) is 30.3 Å². The lowest BCUT2D eigenvalue weighted by Crippen LogP contribution is -2.24. The van der Waals surface area contributed by atoms with Crippen molar-refractivity contribution >= 4 is 26.9 Å². The van der Waals surface area contributed by atoms with E-state index in [0.717, 1.165) is 48.9 Å². The van der Waals surface area contributed by atoms with Gasteiger partial charge in [-0.1, -0.05) is 30.3 Å². The molecule has 0 saturated heterocycles. The molecular weight excluding hydrogens is 250 g/mol. The first-order valence-corrected chi connectivity index (χ1v) is 7.40. The van der Waals surface area contributed by atoms with E-state index in [0.29, 0.717) is 0 Å². The highest BCUT2D eigenvalue weighted by Gasteiger charge is 2.19. The summed E-state index contributed by atoms with van der Waals surface area (Å²) in [4.78, 5) is 12.7. The lowest BCUT2D eigenvalue weighted by atomic mass is 9.92. The van der Waals surface area contributed by atoms with Crippen LogP contribution in [0.25, 0.3) is 0 Å². The molecule has 0 saturated carbocycles. The van der Waals surface area contributed by atoms with Gasteiger partial charge in [0.05, 0.1) is 0 Å². The van der Waals surface area contributed by atoms with Gasteiger partial charge < -0.3 is 5.73 Å². The molecule has 0 aromatic heterocycles. The molecule has 0 spiro atoms. The smallest absolute Gasteiger partial charge is 0.193 e. The van der Waals surface area contributed by atoms with Crippen LogP contribution in [0.3, 0.4) is 0 Å². The topological polar surface area (TPSA) is 43.1 Å². The van der Waals surface area contributed by atoms with Gasteiger partial charge in [-0.3, -0.25) is 4.79 Å². The average Bonchev–Trinajstić information content (AvgIpc) is 2.44. The molecule has 0 aliphatic carbocycles. The highest BCUT2D eigenvalue weighted by atomic mass is 28.1. The van der Waals surface area contributed by atoms with Crippen molar-refractivity contribution in [1.29, 1.82) is 0 Å². The number of rotatable bonds is 2. The van der Waals surface area contributed by atoms with Crippen LogP contribution in [-0.4, -0.2) is 16.0 Å². The van der Waals surface area contributed by atoms with Gasteiger partial charge in [-0.2, -0.15) is 0 Å². The number of hydrogen-bond donors (Lipinski definition) is 1. The van der Waals surface area contributed by atoms with Crippen molar-refractivity contribution in [3.8, 4) is 0 Å². The predicted molar refractivity (Wildman–Crippen MR) is 84.5 cm³/mol. The van der Waals surface area contributed by atoms with E-state index in [1.54, 1.807) is 0 Å². The van der Waals surface area contributed by atoms with Crippen LogP contribution >= 0.6 is 0 Å². The first kappa shape index (κ1) is 13.6. The van der Waals surface area contributed by atoms with E-state index >= 15 is 0 Å². The molecule has 0 fully saturated rings. The van der Waals surface area contributed by atoms with Gasteiger partial charge in [-0.25, -0.2) is 0 Å². The normalized spacial score (nSPS) is 10.7. The molecule has 2 rings (SSSR count). The lowest BCUT2D eigenvalue weighted by molar-refractivity contribution is 0.103. The third kappa shape index (κ3) is 2.21. The minimum atomic E-state index is 0.0814. The second kappa shape index (κ2) is 5.01. The largest absolute Gasteiger partial charge is 0.399 e. The van der Waals surface area contributed by atoms with Gasteiger partial charge in [0.1, 0.15) is 0 Å². The second-order valence-corrected chi connectivity index (χ2v) is 5.98. The van der Waals surface area contributed by atoms with Gasteiger partial charge in [0.25, 0.3) is 0 Å². The summed E-state index contributed by atoms with van der Waals surface area (Å²) in [5.74, 6) is 0.0814. The quantitative estimate of drug-likeness (QED) is 0.509. The van der Waals surface area contributed by atoms with E-state index in [-0.39, 0.29) is 5.78 Å². The molecule has 0 aliphatic heterocycles. The zero-order valence-electron chi connectivity index (χ0n) is 11.9. The van der Waals surface area contributed by atoms with Crippen molar-refractivity contribution in [3.63, 3.8) is 0 Å². The fraction of sp³-hybridized carbons (Fsp3) is 0.188. The Balaban J connectivity index is 2.67. The summed E-state index contributed by atoms with van der Waals surface area (Å²) in [6.45, 7) is 6.07. The van der Waals surface area contributed by atoms with E-state index in [1.807, 2.05) is 51.1 Å². The van der Waals surface area contributed by atoms with Gasteiger partial charge in [0.15, 0.2) is 5.78 Å². The Kier molecular flexibility index (Phi) is 3.58. The zero-order valence-corrected chi connectivity index (χ0v) is 13.9. The maximum atomic E-state index is 12.7. The van der Waals surface area contributed by atoms with Gasteiger partial charge in [-0.05, 0) is 42.6 Å². The summed E-state index contributed by atoms with van der Waals surface area (Å²) in [5, 5.41) is 1.02. The Morgan fingerprint density at radius 2 is 1.58 bits per heavy atom. The molecule has 0 atom stereocenters. The average molecular weight is 269 g/mol. The minimum Gasteiger partial charge on any atom is -0.399 e. The van der Waals surface area contributed by atoms with Crippen LogP contribution in [0.1, 0.15) is 32.6 Å². The zero-order chi connectivity index (χ0) is 14.2. The molecule has 0 aliphatic rings. The lowest BCUT2D eigenvalue weighted by Gasteiger charge is -2.17. The van der Waals surface area contributed by atoms with Gasteiger partial charge in [0.2, 0.25) is 0 Å². The molecule has 2 nitrogen and oxygen atoms in total. The van der Waals surface area contributed by atoms with Crippen LogP contribution in [0.5, 0.6) is 0 Å². The monoisotopic (exact) mass is 269 g/mol. The highest BCUT2D eigenvalue weighted by molar-refractivity contribution is 6.41. The van der Waals surface area contributed by atoms with E-state index in [9.17, 15) is 4.79 Å². The van der Waals surface area contributed by atoms with Crippen molar-refractivity contribution in [2.24, 2.45) is 0 Å². The van der Waals surface area contributed by atoms with E-state index in [2.05, 4.69) is 0 Å². The first-order valence-electron chi connectivity index (χ1n) is 6.40.